The lowest BCUT2D eigenvalue weighted by atomic mass is 10.2. The van der Waals surface area contributed by atoms with Crippen molar-refractivity contribution in [1.82, 2.24) is 0 Å². The van der Waals surface area contributed by atoms with Crippen molar-refractivity contribution >= 4 is 17.0 Å². The Kier molecular flexibility index (Phi) is 5.01. The number of methoxy groups -OCH3 is 1. The molecule has 1 heterocycles. The van der Waals surface area contributed by atoms with E-state index in [0.29, 0.717) is 12.2 Å². The van der Waals surface area contributed by atoms with E-state index >= 15 is 0 Å². The Hall–Kier alpha value is -1.82. The molecule has 1 N–H and O–H groups in total. The van der Waals surface area contributed by atoms with Crippen LogP contribution in [0.15, 0.2) is 24.3 Å². The third-order valence-electron chi connectivity index (χ3n) is 3.01. The molecule has 0 amide bonds. The molecule has 0 atom stereocenters. The van der Waals surface area contributed by atoms with Crippen LogP contribution in [0.5, 0.6) is 11.5 Å². The summed E-state index contributed by atoms with van der Waals surface area (Å²) in [4.78, 5) is 2.50. The van der Waals surface area contributed by atoms with E-state index < -0.39 is 6.61 Å². The summed E-state index contributed by atoms with van der Waals surface area (Å²) in [5, 5.41) is 3.21. The van der Waals surface area contributed by atoms with Crippen molar-refractivity contribution in [1.29, 1.82) is 0 Å². The highest BCUT2D eigenvalue weighted by Crippen LogP contribution is 2.32. The van der Waals surface area contributed by atoms with Crippen LogP contribution < -0.4 is 14.8 Å². The predicted molar refractivity (Wildman–Crippen MR) is 80.7 cm³/mol. The number of thiophene rings is 1. The van der Waals surface area contributed by atoms with Gasteiger partial charge in [-0.05, 0) is 37.6 Å². The molecule has 0 saturated heterocycles. The largest absolute Gasteiger partial charge is 0.493 e. The average Bonchev–Trinajstić information content (AvgIpc) is 2.74. The Morgan fingerprint density at radius 1 is 1.19 bits per heavy atom. The number of halogens is 2. The first-order valence-electron chi connectivity index (χ1n) is 6.42. The van der Waals surface area contributed by atoms with Crippen LogP contribution in [0.2, 0.25) is 0 Å². The minimum absolute atomic E-state index is 0.0238. The minimum Gasteiger partial charge on any atom is -0.493 e. The number of alkyl halides is 2. The molecule has 2 aromatic rings. The van der Waals surface area contributed by atoms with Crippen molar-refractivity contribution < 1.29 is 18.3 Å². The quantitative estimate of drug-likeness (QED) is 0.846. The molecule has 0 unspecified atom stereocenters. The highest BCUT2D eigenvalue weighted by molar-refractivity contribution is 7.12. The fraction of sp³-hybridized carbons (Fsp3) is 0.333. The lowest BCUT2D eigenvalue weighted by molar-refractivity contribution is -0.0511. The second-order valence-corrected chi connectivity index (χ2v) is 6.00. The van der Waals surface area contributed by atoms with Gasteiger partial charge in [-0.15, -0.1) is 11.3 Å². The average molecular weight is 313 g/mol. The van der Waals surface area contributed by atoms with Crippen LogP contribution in [0.1, 0.15) is 15.3 Å². The van der Waals surface area contributed by atoms with Crippen molar-refractivity contribution in [3.8, 4) is 11.5 Å². The SMILES string of the molecule is COc1ccc(NCc2cc(C)sc2C)cc1OC(F)F. The van der Waals surface area contributed by atoms with Gasteiger partial charge >= 0.3 is 6.61 Å². The Balaban J connectivity index is 2.11. The molecule has 0 fully saturated rings. The van der Waals surface area contributed by atoms with Gasteiger partial charge in [-0.25, -0.2) is 0 Å². The van der Waals surface area contributed by atoms with Gasteiger partial charge in [0.2, 0.25) is 0 Å². The van der Waals surface area contributed by atoms with E-state index in [2.05, 4.69) is 30.0 Å². The zero-order valence-electron chi connectivity index (χ0n) is 12.1. The van der Waals surface area contributed by atoms with Crippen LogP contribution in [0.4, 0.5) is 14.5 Å². The van der Waals surface area contributed by atoms with Crippen LogP contribution in [0.3, 0.4) is 0 Å². The van der Waals surface area contributed by atoms with E-state index in [0.717, 1.165) is 0 Å². The number of nitrogens with one attached hydrogen (secondary N) is 1. The van der Waals surface area contributed by atoms with Gasteiger partial charge in [0.1, 0.15) is 0 Å². The molecule has 0 spiro atoms. The summed E-state index contributed by atoms with van der Waals surface area (Å²) in [7, 11) is 1.41. The molecular formula is C15H17F2NO2S. The van der Waals surface area contributed by atoms with Crippen LogP contribution in [-0.2, 0) is 6.54 Å². The first kappa shape index (κ1) is 15.6. The lowest BCUT2D eigenvalue weighted by Gasteiger charge is -2.12. The number of rotatable bonds is 6. The number of benzene rings is 1. The molecule has 21 heavy (non-hydrogen) atoms. The van der Waals surface area contributed by atoms with Crippen molar-refractivity contribution in [2.75, 3.05) is 12.4 Å². The van der Waals surface area contributed by atoms with Gasteiger partial charge < -0.3 is 14.8 Å². The van der Waals surface area contributed by atoms with E-state index in [1.54, 1.807) is 23.5 Å². The zero-order chi connectivity index (χ0) is 15.4. The molecular weight excluding hydrogens is 296 g/mol. The standard InChI is InChI=1S/C15H17F2NO2S/c1-9-6-11(10(2)21-9)8-18-12-4-5-13(19-3)14(7-12)20-15(16)17/h4-7,15,18H,8H2,1-3H3. The maximum atomic E-state index is 12.4. The predicted octanol–water partition coefficient (Wildman–Crippen LogP) is 4.59. The smallest absolute Gasteiger partial charge is 0.387 e. The monoisotopic (exact) mass is 313 g/mol. The maximum Gasteiger partial charge on any atom is 0.387 e. The third kappa shape index (κ3) is 4.07. The molecule has 2 rings (SSSR count). The number of hydrogen-bond donors (Lipinski definition) is 1. The van der Waals surface area contributed by atoms with Crippen molar-refractivity contribution in [2.24, 2.45) is 0 Å². The Morgan fingerprint density at radius 2 is 1.95 bits per heavy atom. The Labute approximate surface area is 126 Å². The minimum atomic E-state index is -2.88. The molecule has 0 aliphatic rings. The highest BCUT2D eigenvalue weighted by Gasteiger charge is 2.11. The van der Waals surface area contributed by atoms with Crippen molar-refractivity contribution in [3.05, 3.63) is 39.6 Å². The summed E-state index contributed by atoms with van der Waals surface area (Å²) in [6.07, 6.45) is 0. The van der Waals surface area contributed by atoms with Crippen LogP contribution >= 0.6 is 11.3 Å². The van der Waals surface area contributed by atoms with Crippen LogP contribution in [-0.4, -0.2) is 13.7 Å². The molecule has 114 valence electrons. The lowest BCUT2D eigenvalue weighted by Crippen LogP contribution is -2.05. The molecule has 0 saturated carbocycles. The number of hydrogen-bond acceptors (Lipinski definition) is 4. The Bertz CT molecular complexity index is 614. The first-order valence-corrected chi connectivity index (χ1v) is 7.24. The summed E-state index contributed by atoms with van der Waals surface area (Å²) in [6.45, 7) is 1.88. The highest BCUT2D eigenvalue weighted by atomic mass is 32.1. The molecule has 0 bridgehead atoms. The summed E-state index contributed by atoms with van der Waals surface area (Å²) in [6, 6.07) is 7.00. The van der Waals surface area contributed by atoms with E-state index in [4.69, 9.17) is 4.74 Å². The molecule has 6 heteroatoms. The molecule has 1 aromatic carbocycles. The second-order valence-electron chi connectivity index (χ2n) is 4.54. The molecule has 0 aliphatic heterocycles. The molecule has 3 nitrogen and oxygen atoms in total. The fourth-order valence-corrected chi connectivity index (χ4v) is 2.98. The van der Waals surface area contributed by atoms with Gasteiger partial charge in [-0.1, -0.05) is 0 Å². The molecule has 0 radical (unpaired) electrons. The van der Waals surface area contributed by atoms with E-state index in [-0.39, 0.29) is 11.5 Å². The van der Waals surface area contributed by atoms with Gasteiger partial charge in [0.15, 0.2) is 11.5 Å². The van der Waals surface area contributed by atoms with Crippen molar-refractivity contribution in [3.63, 3.8) is 0 Å². The van der Waals surface area contributed by atoms with Gasteiger partial charge in [-0.2, -0.15) is 8.78 Å². The van der Waals surface area contributed by atoms with Gasteiger partial charge in [-0.3, -0.25) is 0 Å². The normalized spacial score (nSPS) is 10.8. The van der Waals surface area contributed by atoms with E-state index in [1.165, 1.54) is 28.5 Å². The molecule has 1 aromatic heterocycles. The third-order valence-corrected chi connectivity index (χ3v) is 4.01. The zero-order valence-corrected chi connectivity index (χ0v) is 12.9. The molecule has 0 aliphatic carbocycles. The van der Waals surface area contributed by atoms with E-state index in [1.807, 2.05) is 0 Å². The van der Waals surface area contributed by atoms with Gasteiger partial charge in [0.25, 0.3) is 0 Å². The van der Waals surface area contributed by atoms with Crippen LogP contribution in [0, 0.1) is 13.8 Å². The number of aryl methyl sites for hydroxylation is 2. The number of anilines is 1. The summed E-state index contributed by atoms with van der Waals surface area (Å²) in [5.41, 5.74) is 1.90. The van der Waals surface area contributed by atoms with Gasteiger partial charge in [0.05, 0.1) is 7.11 Å². The summed E-state index contributed by atoms with van der Waals surface area (Å²) in [5.74, 6) is 0.305. The topological polar surface area (TPSA) is 30.5 Å². The maximum absolute atomic E-state index is 12.4. The van der Waals surface area contributed by atoms with E-state index in [9.17, 15) is 8.78 Å². The van der Waals surface area contributed by atoms with Crippen molar-refractivity contribution in [2.45, 2.75) is 27.0 Å². The van der Waals surface area contributed by atoms with Gasteiger partial charge in [0, 0.05) is 28.1 Å². The Morgan fingerprint density at radius 3 is 2.52 bits per heavy atom. The summed E-state index contributed by atoms with van der Waals surface area (Å²) < 4.78 is 34.2. The fourth-order valence-electron chi connectivity index (χ4n) is 2.03. The first-order chi connectivity index (χ1) is 9.99. The second kappa shape index (κ2) is 6.76. The summed E-state index contributed by atoms with van der Waals surface area (Å²) >= 11 is 1.74. The van der Waals surface area contributed by atoms with Crippen LogP contribution in [0.25, 0.3) is 0 Å². The number of ether oxygens (including phenoxy) is 2.